The predicted molar refractivity (Wildman–Crippen MR) is 87.8 cm³/mol. The molecule has 1 aliphatic carbocycles. The van der Waals surface area contributed by atoms with Gasteiger partial charge < -0.3 is 11.1 Å². The Hall–Kier alpha value is -0.420. The van der Waals surface area contributed by atoms with Gasteiger partial charge in [0.15, 0.2) is 0 Å². The van der Waals surface area contributed by atoms with E-state index < -0.39 is 0 Å². The molecule has 3 nitrogen and oxygen atoms in total. The number of halogens is 2. The van der Waals surface area contributed by atoms with Crippen LogP contribution in [-0.2, 0) is 4.79 Å². The third-order valence-electron chi connectivity index (χ3n) is 3.17. The van der Waals surface area contributed by atoms with E-state index in [2.05, 4.69) is 5.32 Å². The Morgan fingerprint density at radius 3 is 2.65 bits per heavy atom. The first-order valence-electron chi connectivity index (χ1n) is 6.56. The third-order valence-corrected chi connectivity index (χ3v) is 4.44. The molecule has 1 aromatic carbocycles. The number of amides is 1. The monoisotopic (exact) mass is 334 g/mol. The summed E-state index contributed by atoms with van der Waals surface area (Å²) in [6, 6.07) is 7.78. The summed E-state index contributed by atoms with van der Waals surface area (Å²) in [5, 5.41) is 3.63. The minimum atomic E-state index is 0. The van der Waals surface area contributed by atoms with Crippen LogP contribution in [0, 0.1) is 5.92 Å². The van der Waals surface area contributed by atoms with E-state index in [-0.39, 0.29) is 24.4 Å². The maximum atomic E-state index is 11.6. The molecular weight excluding hydrogens is 315 g/mol. The number of hydrogen-bond acceptors (Lipinski definition) is 3. The van der Waals surface area contributed by atoms with Gasteiger partial charge in [-0.15, -0.1) is 24.2 Å². The summed E-state index contributed by atoms with van der Waals surface area (Å²) in [5.74, 6) is 1.48. The molecule has 1 aromatic rings. The second kappa shape index (κ2) is 8.78. The van der Waals surface area contributed by atoms with Crippen LogP contribution in [0.3, 0.4) is 0 Å². The smallest absolute Gasteiger partial charge is 0.220 e. The number of nitrogens with two attached hydrogens (primary N) is 1. The molecule has 0 aliphatic heterocycles. The Bertz CT molecular complexity index is 424. The molecule has 0 bridgehead atoms. The lowest BCUT2D eigenvalue weighted by molar-refractivity contribution is -0.120. The average Bonchev–Trinajstić information content (AvgIpc) is 3.23. The van der Waals surface area contributed by atoms with Gasteiger partial charge in [-0.25, -0.2) is 0 Å². The number of rotatable bonds is 7. The van der Waals surface area contributed by atoms with Crippen LogP contribution in [0.2, 0.25) is 5.02 Å². The Kier molecular flexibility index (Phi) is 7.74. The molecule has 1 aliphatic rings. The Morgan fingerprint density at radius 1 is 1.40 bits per heavy atom. The van der Waals surface area contributed by atoms with Gasteiger partial charge in [0.05, 0.1) is 0 Å². The summed E-state index contributed by atoms with van der Waals surface area (Å²) < 4.78 is 0. The average molecular weight is 335 g/mol. The van der Waals surface area contributed by atoms with Crippen molar-refractivity contribution in [1.82, 2.24) is 5.32 Å². The van der Waals surface area contributed by atoms with Gasteiger partial charge in [0.25, 0.3) is 0 Å². The Morgan fingerprint density at radius 2 is 2.05 bits per heavy atom. The molecule has 1 saturated carbocycles. The van der Waals surface area contributed by atoms with Crippen molar-refractivity contribution in [2.75, 3.05) is 12.3 Å². The fraction of sp³-hybridized carbons (Fsp3) is 0.500. The zero-order chi connectivity index (χ0) is 13.7. The van der Waals surface area contributed by atoms with E-state index in [1.165, 1.54) is 12.8 Å². The van der Waals surface area contributed by atoms with Crippen LogP contribution < -0.4 is 11.1 Å². The van der Waals surface area contributed by atoms with Crippen molar-refractivity contribution in [3.05, 3.63) is 29.3 Å². The molecule has 1 atom stereocenters. The van der Waals surface area contributed by atoms with Crippen molar-refractivity contribution in [2.24, 2.45) is 11.7 Å². The molecule has 1 amide bonds. The van der Waals surface area contributed by atoms with Crippen molar-refractivity contribution in [3.8, 4) is 0 Å². The highest BCUT2D eigenvalue weighted by molar-refractivity contribution is 7.99. The fourth-order valence-electron chi connectivity index (χ4n) is 1.80. The topological polar surface area (TPSA) is 55.1 Å². The molecule has 20 heavy (non-hydrogen) atoms. The molecule has 0 spiro atoms. The van der Waals surface area contributed by atoms with E-state index in [1.807, 2.05) is 24.3 Å². The van der Waals surface area contributed by atoms with Gasteiger partial charge in [-0.1, -0.05) is 11.6 Å². The number of nitrogens with one attached hydrogen (secondary N) is 1. The highest BCUT2D eigenvalue weighted by atomic mass is 35.5. The number of thioether (sulfide) groups is 1. The minimum absolute atomic E-state index is 0. The van der Waals surface area contributed by atoms with E-state index in [1.54, 1.807) is 11.8 Å². The highest BCUT2D eigenvalue weighted by Crippen LogP contribution is 2.31. The van der Waals surface area contributed by atoms with Crippen LogP contribution in [0.15, 0.2) is 29.2 Å². The second-order valence-electron chi connectivity index (χ2n) is 4.86. The van der Waals surface area contributed by atoms with Gasteiger partial charge in [0.2, 0.25) is 5.91 Å². The maximum absolute atomic E-state index is 11.6. The zero-order valence-corrected chi connectivity index (χ0v) is 13.6. The fourth-order valence-corrected chi connectivity index (χ4v) is 2.78. The Labute approximate surface area is 135 Å². The standard InChI is InChI=1S/C14H19ClN2OS.ClH/c15-11-3-5-12(6-4-11)19-8-7-14(18)17-9-13(16)10-1-2-10;/h3-6,10,13H,1-2,7-9,16H2,(H,17,18);1H. The molecule has 112 valence electrons. The van der Waals surface area contributed by atoms with Gasteiger partial charge >= 0.3 is 0 Å². The zero-order valence-electron chi connectivity index (χ0n) is 11.2. The molecule has 6 heteroatoms. The van der Waals surface area contributed by atoms with Gasteiger partial charge in [-0.05, 0) is 43.0 Å². The number of benzene rings is 1. The molecule has 1 fully saturated rings. The number of hydrogen-bond donors (Lipinski definition) is 2. The van der Waals surface area contributed by atoms with Gasteiger partial charge in [0.1, 0.15) is 0 Å². The molecule has 2 rings (SSSR count). The molecule has 3 N–H and O–H groups in total. The van der Waals surface area contributed by atoms with Crippen LogP contribution >= 0.6 is 35.8 Å². The molecular formula is C14H20Cl2N2OS. The summed E-state index contributed by atoms with van der Waals surface area (Å²) in [4.78, 5) is 12.8. The third kappa shape index (κ3) is 6.35. The van der Waals surface area contributed by atoms with Crippen LogP contribution in [-0.4, -0.2) is 24.2 Å². The normalized spacial score (nSPS) is 15.3. The highest BCUT2D eigenvalue weighted by Gasteiger charge is 2.28. The summed E-state index contributed by atoms with van der Waals surface area (Å²) >= 11 is 7.47. The molecule has 0 aromatic heterocycles. The van der Waals surface area contributed by atoms with Crippen molar-refractivity contribution in [2.45, 2.75) is 30.2 Å². The molecule has 1 unspecified atom stereocenters. The first kappa shape index (κ1) is 17.6. The second-order valence-corrected chi connectivity index (χ2v) is 6.46. The quantitative estimate of drug-likeness (QED) is 0.753. The molecule has 0 saturated heterocycles. The van der Waals surface area contributed by atoms with E-state index in [0.717, 1.165) is 15.7 Å². The summed E-state index contributed by atoms with van der Waals surface area (Å²) in [6.07, 6.45) is 2.94. The summed E-state index contributed by atoms with van der Waals surface area (Å²) in [6.45, 7) is 0.606. The van der Waals surface area contributed by atoms with Crippen molar-refractivity contribution >= 4 is 41.7 Å². The molecule has 0 heterocycles. The number of carbonyl (C=O) groups excluding carboxylic acids is 1. The van der Waals surface area contributed by atoms with Gasteiger partial charge in [-0.3, -0.25) is 4.79 Å². The predicted octanol–water partition coefficient (Wildman–Crippen LogP) is 3.10. The first-order chi connectivity index (χ1) is 9.15. The van der Waals surface area contributed by atoms with Crippen LogP contribution in [0.5, 0.6) is 0 Å². The van der Waals surface area contributed by atoms with Crippen molar-refractivity contribution in [3.63, 3.8) is 0 Å². The number of carbonyl (C=O) groups is 1. The van der Waals surface area contributed by atoms with Gasteiger partial charge in [0, 0.05) is 34.7 Å². The van der Waals surface area contributed by atoms with Crippen LogP contribution in [0.25, 0.3) is 0 Å². The van der Waals surface area contributed by atoms with Crippen LogP contribution in [0.4, 0.5) is 0 Å². The summed E-state index contributed by atoms with van der Waals surface area (Å²) in [5.41, 5.74) is 5.93. The molecule has 0 radical (unpaired) electrons. The maximum Gasteiger partial charge on any atom is 0.220 e. The Balaban J connectivity index is 0.00000200. The lowest BCUT2D eigenvalue weighted by Gasteiger charge is -2.11. The SMILES string of the molecule is Cl.NC(CNC(=O)CCSc1ccc(Cl)cc1)C1CC1. The van der Waals surface area contributed by atoms with Crippen LogP contribution in [0.1, 0.15) is 19.3 Å². The first-order valence-corrected chi connectivity index (χ1v) is 7.92. The van der Waals surface area contributed by atoms with Gasteiger partial charge in [-0.2, -0.15) is 0 Å². The lowest BCUT2D eigenvalue weighted by Crippen LogP contribution is -2.38. The van der Waals surface area contributed by atoms with Crippen molar-refractivity contribution < 1.29 is 4.79 Å². The summed E-state index contributed by atoms with van der Waals surface area (Å²) in [7, 11) is 0. The lowest BCUT2D eigenvalue weighted by atomic mass is 10.2. The largest absolute Gasteiger partial charge is 0.355 e. The van der Waals surface area contributed by atoms with E-state index in [4.69, 9.17) is 17.3 Å². The van der Waals surface area contributed by atoms with E-state index >= 15 is 0 Å². The van der Waals surface area contributed by atoms with E-state index in [9.17, 15) is 4.79 Å². The van der Waals surface area contributed by atoms with E-state index in [0.29, 0.717) is 18.9 Å². The van der Waals surface area contributed by atoms with Crippen molar-refractivity contribution in [1.29, 1.82) is 0 Å². The minimum Gasteiger partial charge on any atom is -0.355 e.